The number of benzene rings is 3. The van der Waals surface area contributed by atoms with Gasteiger partial charge in [-0.25, -0.2) is 4.39 Å². The van der Waals surface area contributed by atoms with Gasteiger partial charge in [-0.2, -0.15) is 13.2 Å². The highest BCUT2D eigenvalue weighted by Crippen LogP contribution is 2.32. The number of halogens is 5. The number of carbonyl (C=O) groups excluding carboxylic acids is 2. The van der Waals surface area contributed by atoms with Gasteiger partial charge in [0.15, 0.2) is 0 Å². The van der Waals surface area contributed by atoms with Gasteiger partial charge < -0.3 is 21.1 Å². The smallest absolute Gasteiger partial charge is 0.416 e. The van der Waals surface area contributed by atoms with Crippen molar-refractivity contribution in [3.05, 3.63) is 92.8 Å². The molecule has 0 spiro atoms. The summed E-state index contributed by atoms with van der Waals surface area (Å²) in [5, 5.41) is 4.77. The summed E-state index contributed by atoms with van der Waals surface area (Å²) in [6.45, 7) is 0. The molecule has 0 heterocycles. The molecule has 36 heavy (non-hydrogen) atoms. The average molecular weight is 615 g/mol. The SMILES string of the molecule is COc1ccc(C(N)C(=O)NC(Cc2ccccc2C(F)(F)F)C(=O)Nc2ccc(I)cc2F)cc1. The Labute approximate surface area is 218 Å². The number of hydrogen-bond donors (Lipinski definition) is 3. The van der Waals surface area contributed by atoms with E-state index < -0.39 is 47.9 Å². The number of carbonyl (C=O) groups is 2. The Morgan fingerprint density at radius 2 is 1.69 bits per heavy atom. The molecule has 0 aromatic heterocycles. The summed E-state index contributed by atoms with van der Waals surface area (Å²) < 4.78 is 60.6. The third-order valence-corrected chi connectivity index (χ3v) is 6.00. The van der Waals surface area contributed by atoms with Crippen LogP contribution in [0, 0.1) is 9.39 Å². The highest BCUT2D eigenvalue weighted by Gasteiger charge is 2.35. The van der Waals surface area contributed by atoms with Gasteiger partial charge in [-0.1, -0.05) is 30.3 Å². The van der Waals surface area contributed by atoms with Crippen molar-refractivity contribution in [2.45, 2.75) is 24.7 Å². The van der Waals surface area contributed by atoms with E-state index in [2.05, 4.69) is 10.6 Å². The minimum Gasteiger partial charge on any atom is -0.497 e. The fraction of sp³-hybridized carbons (Fsp3) is 0.200. The number of rotatable bonds is 8. The molecular formula is C25H22F4IN3O3. The maximum atomic E-state index is 14.3. The van der Waals surface area contributed by atoms with Crippen molar-refractivity contribution >= 4 is 40.1 Å². The van der Waals surface area contributed by atoms with Crippen LogP contribution in [0.4, 0.5) is 23.2 Å². The van der Waals surface area contributed by atoms with Crippen molar-refractivity contribution in [1.82, 2.24) is 5.32 Å². The van der Waals surface area contributed by atoms with Gasteiger partial charge in [0, 0.05) is 9.99 Å². The van der Waals surface area contributed by atoms with Gasteiger partial charge >= 0.3 is 6.18 Å². The number of anilines is 1. The molecule has 3 aromatic carbocycles. The van der Waals surface area contributed by atoms with E-state index in [0.717, 1.165) is 6.07 Å². The topological polar surface area (TPSA) is 93.4 Å². The number of nitrogens with one attached hydrogen (secondary N) is 2. The number of alkyl halides is 3. The molecule has 0 saturated carbocycles. The lowest BCUT2D eigenvalue weighted by Crippen LogP contribution is -2.48. The van der Waals surface area contributed by atoms with Crippen LogP contribution in [0.5, 0.6) is 5.75 Å². The van der Waals surface area contributed by atoms with E-state index in [1.54, 1.807) is 30.3 Å². The molecule has 0 saturated heterocycles. The maximum absolute atomic E-state index is 14.3. The standard InChI is InChI=1S/C25H22F4IN3O3/c1-36-17-9-6-14(7-10-17)22(31)24(35)33-21(12-15-4-2-3-5-18(15)25(27,28)29)23(34)32-20-11-8-16(30)13-19(20)26/h2-11,13,21-22H,12,31H2,1H3,(H,32,34)(H,33,35). The Morgan fingerprint density at radius 3 is 2.31 bits per heavy atom. The molecule has 190 valence electrons. The number of hydrogen-bond acceptors (Lipinski definition) is 4. The molecule has 2 atom stereocenters. The second-order valence-corrected chi connectivity index (χ2v) is 9.03. The second kappa shape index (κ2) is 11.7. The first-order valence-electron chi connectivity index (χ1n) is 10.6. The number of nitrogens with two attached hydrogens (primary N) is 1. The van der Waals surface area contributed by atoms with Crippen molar-refractivity contribution in [3.63, 3.8) is 0 Å². The summed E-state index contributed by atoms with van der Waals surface area (Å²) >= 11 is 1.89. The Kier molecular flexibility index (Phi) is 8.90. The molecule has 4 N–H and O–H groups in total. The fourth-order valence-corrected chi connectivity index (χ4v) is 3.89. The molecule has 3 aromatic rings. The van der Waals surface area contributed by atoms with Gasteiger partial charge in [-0.05, 0) is 70.1 Å². The van der Waals surface area contributed by atoms with Crippen LogP contribution in [0.1, 0.15) is 22.7 Å². The van der Waals surface area contributed by atoms with Crippen LogP contribution in [0.3, 0.4) is 0 Å². The lowest BCUT2D eigenvalue weighted by atomic mass is 9.98. The highest BCUT2D eigenvalue weighted by molar-refractivity contribution is 14.1. The first-order chi connectivity index (χ1) is 17.0. The predicted octanol–water partition coefficient (Wildman–Crippen LogP) is 4.82. The van der Waals surface area contributed by atoms with Crippen molar-refractivity contribution in [1.29, 1.82) is 0 Å². The minimum atomic E-state index is -4.68. The maximum Gasteiger partial charge on any atom is 0.416 e. The molecule has 0 aliphatic rings. The van der Waals surface area contributed by atoms with E-state index in [1.807, 2.05) is 22.6 Å². The molecule has 11 heteroatoms. The Bertz CT molecular complexity index is 1240. The van der Waals surface area contributed by atoms with Crippen molar-refractivity contribution in [2.75, 3.05) is 12.4 Å². The Balaban J connectivity index is 1.89. The van der Waals surface area contributed by atoms with Crippen LogP contribution in [-0.2, 0) is 22.2 Å². The van der Waals surface area contributed by atoms with E-state index in [4.69, 9.17) is 10.5 Å². The third kappa shape index (κ3) is 6.94. The molecule has 0 fully saturated rings. The summed E-state index contributed by atoms with van der Waals surface area (Å²) in [5.41, 5.74) is 5.09. The van der Waals surface area contributed by atoms with Crippen LogP contribution in [-0.4, -0.2) is 25.0 Å². The van der Waals surface area contributed by atoms with Crippen molar-refractivity contribution < 1.29 is 31.9 Å². The predicted molar refractivity (Wildman–Crippen MR) is 135 cm³/mol. The summed E-state index contributed by atoms with van der Waals surface area (Å²) in [5.74, 6) is -1.90. The molecule has 0 aliphatic carbocycles. The normalized spacial score (nSPS) is 13.0. The van der Waals surface area contributed by atoms with E-state index in [9.17, 15) is 27.2 Å². The van der Waals surface area contributed by atoms with E-state index >= 15 is 0 Å². The van der Waals surface area contributed by atoms with Crippen molar-refractivity contribution in [3.8, 4) is 5.75 Å². The van der Waals surface area contributed by atoms with Crippen LogP contribution in [0.15, 0.2) is 66.7 Å². The quantitative estimate of drug-likeness (QED) is 0.250. The van der Waals surface area contributed by atoms with Gasteiger partial charge in [0.1, 0.15) is 23.7 Å². The molecule has 3 rings (SSSR count). The summed E-state index contributed by atoms with van der Waals surface area (Å²) in [7, 11) is 1.47. The zero-order valence-electron chi connectivity index (χ0n) is 18.9. The van der Waals surface area contributed by atoms with E-state index in [0.29, 0.717) is 14.9 Å². The van der Waals surface area contributed by atoms with Crippen molar-refractivity contribution in [2.24, 2.45) is 5.73 Å². The Morgan fingerprint density at radius 1 is 1.03 bits per heavy atom. The molecule has 2 amide bonds. The summed E-state index contributed by atoms with van der Waals surface area (Å²) in [4.78, 5) is 26.0. The number of ether oxygens (including phenoxy) is 1. The number of amides is 2. The van der Waals surface area contributed by atoms with Crippen LogP contribution < -0.4 is 21.1 Å². The second-order valence-electron chi connectivity index (χ2n) is 7.78. The molecule has 0 radical (unpaired) electrons. The van der Waals surface area contributed by atoms with Gasteiger partial charge in [0.25, 0.3) is 0 Å². The monoisotopic (exact) mass is 615 g/mol. The highest BCUT2D eigenvalue weighted by atomic mass is 127. The third-order valence-electron chi connectivity index (χ3n) is 5.33. The molecular weight excluding hydrogens is 593 g/mol. The first-order valence-corrected chi connectivity index (χ1v) is 11.7. The molecule has 0 bridgehead atoms. The molecule has 6 nitrogen and oxygen atoms in total. The Hall–Kier alpha value is -3.19. The summed E-state index contributed by atoms with van der Waals surface area (Å²) in [6, 6.07) is 12.3. The average Bonchev–Trinajstić information content (AvgIpc) is 2.84. The van der Waals surface area contributed by atoms with Crippen LogP contribution in [0.2, 0.25) is 0 Å². The van der Waals surface area contributed by atoms with Gasteiger partial charge in [0.2, 0.25) is 11.8 Å². The number of methoxy groups -OCH3 is 1. The lowest BCUT2D eigenvalue weighted by molar-refractivity contribution is -0.138. The van der Waals surface area contributed by atoms with Crippen LogP contribution in [0.25, 0.3) is 0 Å². The molecule has 0 aliphatic heterocycles. The van der Waals surface area contributed by atoms with E-state index in [-0.39, 0.29) is 11.3 Å². The lowest BCUT2D eigenvalue weighted by Gasteiger charge is -2.23. The largest absolute Gasteiger partial charge is 0.497 e. The summed E-state index contributed by atoms with van der Waals surface area (Å²) in [6.07, 6.45) is -5.18. The molecule has 2 unspecified atom stereocenters. The van der Waals surface area contributed by atoms with Gasteiger partial charge in [0.05, 0.1) is 18.4 Å². The van der Waals surface area contributed by atoms with E-state index in [1.165, 1.54) is 37.4 Å². The van der Waals surface area contributed by atoms with Gasteiger partial charge in [-0.3, -0.25) is 9.59 Å². The fourth-order valence-electron chi connectivity index (χ4n) is 3.44. The zero-order valence-corrected chi connectivity index (χ0v) is 21.1. The van der Waals surface area contributed by atoms with Crippen LogP contribution >= 0.6 is 22.6 Å². The first kappa shape index (κ1) is 27.4. The van der Waals surface area contributed by atoms with Gasteiger partial charge in [-0.15, -0.1) is 0 Å². The minimum absolute atomic E-state index is 0.178. The zero-order chi connectivity index (χ0) is 26.5.